The van der Waals surface area contributed by atoms with Gasteiger partial charge >= 0.3 is 0 Å². The fraction of sp³-hybridized carbons (Fsp3) is 1.00. The number of nitrogens with one attached hydrogen (secondary N) is 1. The lowest BCUT2D eigenvalue weighted by Crippen LogP contribution is -2.47. The molecule has 1 aliphatic heterocycles. The number of ether oxygens (including phenoxy) is 1. The van der Waals surface area contributed by atoms with E-state index in [1.807, 2.05) is 0 Å². The first-order chi connectivity index (χ1) is 9.13. The van der Waals surface area contributed by atoms with Crippen LogP contribution in [-0.4, -0.2) is 50.3 Å². The first kappa shape index (κ1) is 16.9. The van der Waals surface area contributed by atoms with E-state index in [-0.39, 0.29) is 0 Å². The molecule has 1 rings (SSSR count). The molecular weight excluding hydrogens is 236 g/mol. The van der Waals surface area contributed by atoms with E-state index in [9.17, 15) is 0 Å². The molecule has 2 atom stereocenters. The molecule has 1 heterocycles. The second-order valence-corrected chi connectivity index (χ2v) is 6.31. The molecule has 0 spiro atoms. The average Bonchev–Trinajstić information content (AvgIpc) is 2.43. The highest BCUT2D eigenvalue weighted by molar-refractivity contribution is 4.83. The second-order valence-electron chi connectivity index (χ2n) is 6.31. The third-order valence-corrected chi connectivity index (χ3v) is 4.28. The molecule has 0 aromatic rings. The van der Waals surface area contributed by atoms with Crippen LogP contribution in [0.2, 0.25) is 0 Å². The van der Waals surface area contributed by atoms with Crippen molar-refractivity contribution >= 4 is 0 Å². The van der Waals surface area contributed by atoms with Crippen molar-refractivity contribution in [3.8, 4) is 0 Å². The first-order valence-electron chi connectivity index (χ1n) is 8.18. The molecule has 1 saturated heterocycles. The predicted molar refractivity (Wildman–Crippen MR) is 82.6 cm³/mol. The fourth-order valence-corrected chi connectivity index (χ4v) is 2.84. The largest absolute Gasteiger partial charge is 0.377 e. The van der Waals surface area contributed by atoms with E-state index in [0.717, 1.165) is 32.7 Å². The summed E-state index contributed by atoms with van der Waals surface area (Å²) in [4.78, 5) is 2.62. The molecule has 3 heteroatoms. The normalized spacial score (nSPS) is 24.3. The van der Waals surface area contributed by atoms with Gasteiger partial charge in [-0.25, -0.2) is 0 Å². The highest BCUT2D eigenvalue weighted by Gasteiger charge is 2.28. The van der Waals surface area contributed by atoms with Crippen LogP contribution in [0.15, 0.2) is 0 Å². The van der Waals surface area contributed by atoms with Crippen molar-refractivity contribution < 1.29 is 4.74 Å². The number of hydrogen-bond donors (Lipinski definition) is 1. The Bertz CT molecular complexity index is 235. The average molecular weight is 270 g/mol. The lowest BCUT2D eigenvalue weighted by atomic mass is 9.86. The van der Waals surface area contributed by atoms with Crippen molar-refractivity contribution in [2.75, 3.05) is 39.3 Å². The summed E-state index contributed by atoms with van der Waals surface area (Å²) < 4.78 is 5.93. The van der Waals surface area contributed by atoms with E-state index in [1.165, 1.54) is 32.4 Å². The zero-order chi connectivity index (χ0) is 14.1. The summed E-state index contributed by atoms with van der Waals surface area (Å²) in [5.74, 6) is 0. The Balaban J connectivity index is 2.40. The smallest absolute Gasteiger partial charge is 0.0702 e. The molecule has 0 saturated carbocycles. The van der Waals surface area contributed by atoms with Crippen molar-refractivity contribution in [3.05, 3.63) is 0 Å². The van der Waals surface area contributed by atoms with E-state index in [4.69, 9.17) is 4.74 Å². The molecule has 0 aromatic heterocycles. The predicted octanol–water partition coefficient (Wildman–Crippen LogP) is 2.90. The number of rotatable bonds is 9. The topological polar surface area (TPSA) is 24.5 Å². The number of likely N-dealkylation sites (tertiary alicyclic amines) is 1. The molecule has 114 valence electrons. The van der Waals surface area contributed by atoms with Crippen LogP contribution in [0.4, 0.5) is 0 Å². The summed E-state index contributed by atoms with van der Waals surface area (Å²) in [5, 5.41) is 3.52. The Kier molecular flexibility index (Phi) is 7.96. The summed E-state index contributed by atoms with van der Waals surface area (Å²) in [6, 6.07) is 0. The second kappa shape index (κ2) is 8.93. The Labute approximate surface area is 120 Å². The Hall–Kier alpha value is -0.120. The van der Waals surface area contributed by atoms with Gasteiger partial charge in [-0.2, -0.15) is 0 Å². The molecular formula is C16H34N2O. The number of hydrogen-bond acceptors (Lipinski definition) is 3. The summed E-state index contributed by atoms with van der Waals surface area (Å²) >= 11 is 0. The zero-order valence-electron chi connectivity index (χ0n) is 13.5. The number of nitrogens with zero attached hydrogens (tertiary/aromatic N) is 1. The quantitative estimate of drug-likeness (QED) is 0.697. The first-order valence-corrected chi connectivity index (χ1v) is 8.18. The summed E-state index contributed by atoms with van der Waals surface area (Å²) in [5.41, 5.74) is 0.392. The van der Waals surface area contributed by atoms with Gasteiger partial charge in [0.05, 0.1) is 6.10 Å². The minimum Gasteiger partial charge on any atom is -0.377 e. The van der Waals surface area contributed by atoms with E-state index in [2.05, 4.69) is 37.9 Å². The zero-order valence-corrected chi connectivity index (χ0v) is 13.5. The Morgan fingerprint density at radius 1 is 1.32 bits per heavy atom. The molecule has 1 N–H and O–H groups in total. The van der Waals surface area contributed by atoms with Crippen LogP contribution in [-0.2, 0) is 4.74 Å². The van der Waals surface area contributed by atoms with Crippen LogP contribution >= 0.6 is 0 Å². The molecule has 19 heavy (non-hydrogen) atoms. The van der Waals surface area contributed by atoms with Gasteiger partial charge in [0.2, 0.25) is 0 Å². The molecule has 3 nitrogen and oxygen atoms in total. The molecule has 0 aromatic carbocycles. The van der Waals surface area contributed by atoms with Gasteiger partial charge in [0.15, 0.2) is 0 Å². The monoisotopic (exact) mass is 270 g/mol. The lowest BCUT2D eigenvalue weighted by molar-refractivity contribution is -0.0106. The minimum absolute atomic E-state index is 0.392. The van der Waals surface area contributed by atoms with Crippen LogP contribution in [0.25, 0.3) is 0 Å². The summed E-state index contributed by atoms with van der Waals surface area (Å²) in [6.45, 7) is 15.8. The van der Waals surface area contributed by atoms with Gasteiger partial charge in [-0.1, -0.05) is 27.7 Å². The maximum Gasteiger partial charge on any atom is 0.0702 e. The molecule has 1 fully saturated rings. The highest BCUT2D eigenvalue weighted by atomic mass is 16.5. The van der Waals surface area contributed by atoms with Crippen molar-refractivity contribution in [2.24, 2.45) is 5.41 Å². The van der Waals surface area contributed by atoms with Gasteiger partial charge in [0.1, 0.15) is 0 Å². The van der Waals surface area contributed by atoms with Crippen molar-refractivity contribution in [3.63, 3.8) is 0 Å². The van der Waals surface area contributed by atoms with Crippen LogP contribution in [0, 0.1) is 5.41 Å². The van der Waals surface area contributed by atoms with Gasteiger partial charge in [0.25, 0.3) is 0 Å². The van der Waals surface area contributed by atoms with Gasteiger partial charge in [-0.05, 0) is 44.2 Å². The lowest BCUT2D eigenvalue weighted by Gasteiger charge is -2.39. The van der Waals surface area contributed by atoms with Crippen molar-refractivity contribution in [1.82, 2.24) is 10.2 Å². The van der Waals surface area contributed by atoms with Gasteiger partial charge < -0.3 is 15.0 Å². The fourth-order valence-electron chi connectivity index (χ4n) is 2.84. The number of piperidine rings is 1. The van der Waals surface area contributed by atoms with E-state index >= 15 is 0 Å². The highest BCUT2D eigenvalue weighted by Crippen LogP contribution is 2.24. The van der Waals surface area contributed by atoms with Crippen molar-refractivity contribution in [1.29, 1.82) is 0 Å². The maximum absolute atomic E-state index is 5.93. The minimum atomic E-state index is 0.392. The summed E-state index contributed by atoms with van der Waals surface area (Å²) in [6.07, 6.45) is 5.36. The third kappa shape index (κ3) is 6.24. The van der Waals surface area contributed by atoms with Crippen LogP contribution < -0.4 is 5.32 Å². The maximum atomic E-state index is 5.93. The van der Waals surface area contributed by atoms with Crippen LogP contribution in [0.3, 0.4) is 0 Å². The van der Waals surface area contributed by atoms with Crippen LogP contribution in [0.1, 0.15) is 53.4 Å². The molecule has 1 aliphatic rings. The molecule has 2 unspecified atom stereocenters. The van der Waals surface area contributed by atoms with Gasteiger partial charge in [0, 0.05) is 26.2 Å². The Morgan fingerprint density at radius 3 is 2.74 bits per heavy atom. The van der Waals surface area contributed by atoms with E-state index in [1.54, 1.807) is 0 Å². The standard InChI is InChI=1S/C16H34N2O/c1-5-11-19-15-9-8-10-18(12-15)14-16(4,6-2)13-17-7-3/h15,17H,5-14H2,1-4H3. The SMILES string of the molecule is CCCOC1CCCN(CC(C)(CC)CNCC)C1. The Morgan fingerprint density at radius 2 is 2.11 bits per heavy atom. The van der Waals surface area contributed by atoms with E-state index < -0.39 is 0 Å². The summed E-state index contributed by atoms with van der Waals surface area (Å²) in [7, 11) is 0. The van der Waals surface area contributed by atoms with Gasteiger partial charge in [-0.3, -0.25) is 0 Å². The van der Waals surface area contributed by atoms with Gasteiger partial charge in [-0.15, -0.1) is 0 Å². The molecule has 0 amide bonds. The van der Waals surface area contributed by atoms with Crippen molar-refractivity contribution in [2.45, 2.75) is 59.5 Å². The van der Waals surface area contributed by atoms with E-state index in [0.29, 0.717) is 11.5 Å². The third-order valence-electron chi connectivity index (χ3n) is 4.28. The molecule has 0 aliphatic carbocycles. The molecule has 0 bridgehead atoms. The van der Waals surface area contributed by atoms with Crippen LogP contribution in [0.5, 0.6) is 0 Å². The molecule has 0 radical (unpaired) electrons.